The zero-order chi connectivity index (χ0) is 10.6. The van der Waals surface area contributed by atoms with Gasteiger partial charge in [-0.1, -0.05) is 13.0 Å². The molecule has 0 spiro atoms. The van der Waals surface area contributed by atoms with Gasteiger partial charge in [-0.3, -0.25) is 0 Å². The maximum absolute atomic E-state index is 5.57. The lowest BCUT2D eigenvalue weighted by molar-refractivity contribution is 0.606. The Labute approximate surface area is 86.2 Å². The van der Waals surface area contributed by atoms with Gasteiger partial charge in [-0.25, -0.2) is 0 Å². The lowest BCUT2D eigenvalue weighted by Crippen LogP contribution is -2.09. The van der Waals surface area contributed by atoms with Gasteiger partial charge in [0.2, 0.25) is 0 Å². The van der Waals surface area contributed by atoms with Crippen LogP contribution < -0.4 is 5.73 Å². The zero-order valence-electron chi connectivity index (χ0n) is 9.30. The van der Waals surface area contributed by atoms with E-state index in [1.54, 1.807) is 0 Å². The van der Waals surface area contributed by atoms with Crippen molar-refractivity contribution in [2.24, 2.45) is 11.7 Å². The van der Waals surface area contributed by atoms with Crippen molar-refractivity contribution in [1.82, 2.24) is 4.98 Å². The van der Waals surface area contributed by atoms with Gasteiger partial charge in [-0.15, -0.1) is 0 Å². The van der Waals surface area contributed by atoms with Crippen LogP contribution in [0.1, 0.15) is 31.5 Å². The van der Waals surface area contributed by atoms with Crippen molar-refractivity contribution in [2.75, 3.05) is 6.54 Å². The SMILES string of the molecule is C/C(=C/CC(C)CN)c1[nH]ccc1C. The van der Waals surface area contributed by atoms with Gasteiger partial charge in [-0.05, 0) is 49.9 Å². The van der Waals surface area contributed by atoms with Gasteiger partial charge < -0.3 is 10.7 Å². The fourth-order valence-corrected chi connectivity index (χ4v) is 1.45. The van der Waals surface area contributed by atoms with E-state index in [1.165, 1.54) is 16.8 Å². The Morgan fingerprint density at radius 3 is 2.86 bits per heavy atom. The highest BCUT2D eigenvalue weighted by atomic mass is 14.7. The quantitative estimate of drug-likeness (QED) is 0.756. The van der Waals surface area contributed by atoms with Crippen molar-refractivity contribution in [2.45, 2.75) is 27.2 Å². The summed E-state index contributed by atoms with van der Waals surface area (Å²) < 4.78 is 0. The maximum atomic E-state index is 5.57. The topological polar surface area (TPSA) is 41.8 Å². The molecule has 14 heavy (non-hydrogen) atoms. The summed E-state index contributed by atoms with van der Waals surface area (Å²) in [5.74, 6) is 0.570. The molecule has 2 heteroatoms. The van der Waals surface area contributed by atoms with Crippen LogP contribution in [-0.4, -0.2) is 11.5 Å². The second kappa shape index (κ2) is 5.01. The molecule has 3 N–H and O–H groups in total. The summed E-state index contributed by atoms with van der Waals surface area (Å²) in [4.78, 5) is 3.25. The zero-order valence-corrected chi connectivity index (χ0v) is 9.30. The molecule has 1 unspecified atom stereocenters. The van der Waals surface area contributed by atoms with Gasteiger partial charge in [0.1, 0.15) is 0 Å². The van der Waals surface area contributed by atoms with Gasteiger partial charge in [0.25, 0.3) is 0 Å². The molecule has 0 aliphatic carbocycles. The van der Waals surface area contributed by atoms with Crippen molar-refractivity contribution in [1.29, 1.82) is 0 Å². The molecular weight excluding hydrogens is 172 g/mol. The van der Waals surface area contributed by atoms with Crippen molar-refractivity contribution in [3.8, 4) is 0 Å². The molecule has 0 aromatic carbocycles. The van der Waals surface area contributed by atoms with Crippen LogP contribution in [0.25, 0.3) is 5.57 Å². The lowest BCUT2D eigenvalue weighted by Gasteiger charge is -2.05. The summed E-state index contributed by atoms with van der Waals surface area (Å²) in [6.07, 6.45) is 5.30. The van der Waals surface area contributed by atoms with E-state index in [0.717, 1.165) is 13.0 Å². The summed E-state index contributed by atoms with van der Waals surface area (Å²) in [7, 11) is 0. The number of aromatic amines is 1. The predicted molar refractivity (Wildman–Crippen MR) is 62.0 cm³/mol. The first-order valence-corrected chi connectivity index (χ1v) is 5.16. The first-order chi connectivity index (χ1) is 6.65. The molecular formula is C12H20N2. The van der Waals surface area contributed by atoms with Gasteiger partial charge in [0.15, 0.2) is 0 Å². The average Bonchev–Trinajstić information content (AvgIpc) is 2.60. The highest BCUT2D eigenvalue weighted by Crippen LogP contribution is 2.17. The Morgan fingerprint density at radius 1 is 1.64 bits per heavy atom. The molecule has 78 valence electrons. The normalized spacial score (nSPS) is 14.4. The summed E-state index contributed by atoms with van der Waals surface area (Å²) in [5.41, 5.74) is 9.43. The summed E-state index contributed by atoms with van der Waals surface area (Å²) >= 11 is 0. The van der Waals surface area contributed by atoms with E-state index in [-0.39, 0.29) is 0 Å². The minimum Gasteiger partial charge on any atom is -0.361 e. The largest absolute Gasteiger partial charge is 0.361 e. The Balaban J connectivity index is 2.66. The molecule has 1 atom stereocenters. The van der Waals surface area contributed by atoms with E-state index in [9.17, 15) is 0 Å². The van der Waals surface area contributed by atoms with E-state index in [4.69, 9.17) is 5.73 Å². The van der Waals surface area contributed by atoms with Crippen LogP contribution in [0.2, 0.25) is 0 Å². The highest BCUT2D eigenvalue weighted by molar-refractivity contribution is 5.63. The van der Waals surface area contributed by atoms with E-state index in [2.05, 4.69) is 37.9 Å². The molecule has 1 heterocycles. The third-order valence-electron chi connectivity index (χ3n) is 2.58. The Morgan fingerprint density at radius 2 is 2.36 bits per heavy atom. The van der Waals surface area contributed by atoms with E-state index >= 15 is 0 Å². The van der Waals surface area contributed by atoms with Gasteiger partial charge >= 0.3 is 0 Å². The second-order valence-electron chi connectivity index (χ2n) is 4.00. The molecule has 1 aromatic heterocycles. The molecule has 0 saturated carbocycles. The molecule has 0 aliphatic heterocycles. The third-order valence-corrected chi connectivity index (χ3v) is 2.58. The van der Waals surface area contributed by atoms with Crippen LogP contribution in [0.5, 0.6) is 0 Å². The van der Waals surface area contributed by atoms with Crippen LogP contribution in [0.4, 0.5) is 0 Å². The van der Waals surface area contributed by atoms with Crippen LogP contribution in [-0.2, 0) is 0 Å². The van der Waals surface area contributed by atoms with Gasteiger partial charge in [0, 0.05) is 11.9 Å². The molecule has 0 saturated heterocycles. The van der Waals surface area contributed by atoms with Crippen molar-refractivity contribution in [3.63, 3.8) is 0 Å². The predicted octanol–water partition coefficient (Wildman–Crippen LogP) is 2.71. The first kappa shape index (κ1) is 11.1. The molecule has 1 aromatic rings. The van der Waals surface area contributed by atoms with E-state index in [0.29, 0.717) is 5.92 Å². The first-order valence-electron chi connectivity index (χ1n) is 5.16. The number of rotatable bonds is 4. The number of nitrogens with one attached hydrogen (secondary N) is 1. The van der Waals surface area contributed by atoms with Crippen LogP contribution in [0.15, 0.2) is 18.3 Å². The number of allylic oxidation sites excluding steroid dienone is 2. The number of nitrogens with two attached hydrogens (primary N) is 1. The molecule has 2 nitrogen and oxygen atoms in total. The smallest absolute Gasteiger partial charge is 0.0436 e. The highest BCUT2D eigenvalue weighted by Gasteiger charge is 2.01. The van der Waals surface area contributed by atoms with Crippen LogP contribution >= 0.6 is 0 Å². The second-order valence-corrected chi connectivity index (χ2v) is 4.00. The van der Waals surface area contributed by atoms with Gasteiger partial charge in [0.05, 0.1) is 0 Å². The standard InChI is InChI=1S/C12H20N2/c1-9(8-13)4-5-10(2)12-11(3)6-7-14-12/h5-7,9,14H,4,8,13H2,1-3H3/b10-5-. The average molecular weight is 192 g/mol. The molecule has 0 radical (unpaired) electrons. The summed E-state index contributed by atoms with van der Waals surface area (Å²) in [6.45, 7) is 7.19. The Bertz CT molecular complexity index is 310. The van der Waals surface area contributed by atoms with E-state index in [1.807, 2.05) is 6.20 Å². The molecule has 0 bridgehead atoms. The van der Waals surface area contributed by atoms with Crippen molar-refractivity contribution >= 4 is 5.57 Å². The van der Waals surface area contributed by atoms with Crippen LogP contribution in [0.3, 0.4) is 0 Å². The Kier molecular flexibility index (Phi) is 3.96. The Hall–Kier alpha value is -1.02. The maximum Gasteiger partial charge on any atom is 0.0436 e. The minimum atomic E-state index is 0.570. The number of hydrogen-bond acceptors (Lipinski definition) is 1. The van der Waals surface area contributed by atoms with Crippen molar-refractivity contribution in [3.05, 3.63) is 29.6 Å². The number of aromatic nitrogens is 1. The molecule has 0 aliphatic rings. The summed E-state index contributed by atoms with van der Waals surface area (Å²) in [5, 5.41) is 0. The number of H-pyrrole nitrogens is 1. The monoisotopic (exact) mass is 192 g/mol. The number of aryl methyl sites for hydroxylation is 1. The molecule has 0 fully saturated rings. The number of hydrogen-bond donors (Lipinski definition) is 2. The lowest BCUT2D eigenvalue weighted by atomic mass is 10.0. The van der Waals surface area contributed by atoms with E-state index < -0.39 is 0 Å². The fraction of sp³-hybridized carbons (Fsp3) is 0.500. The third kappa shape index (κ3) is 2.74. The molecule has 1 rings (SSSR count). The van der Waals surface area contributed by atoms with Crippen LogP contribution in [0, 0.1) is 12.8 Å². The summed E-state index contributed by atoms with van der Waals surface area (Å²) in [6, 6.07) is 2.10. The minimum absolute atomic E-state index is 0.570. The van der Waals surface area contributed by atoms with Crippen molar-refractivity contribution < 1.29 is 0 Å². The van der Waals surface area contributed by atoms with Gasteiger partial charge in [-0.2, -0.15) is 0 Å². The molecule has 0 amide bonds. The fourth-order valence-electron chi connectivity index (χ4n) is 1.45.